The lowest BCUT2D eigenvalue weighted by Crippen LogP contribution is -2.08. The molecule has 0 unspecified atom stereocenters. The standard InChI is InChI=1S/C21H25N5S/c1-14(2)11-25-13-18(19-6-5-9-27-19)24-20(25)8-7-17-12-26-16(4)10-15(3)22-21(26)23-17/h5-6,9-10,12-14H,7-8,11H2,1-4H3. The van der Waals surface area contributed by atoms with Crippen LogP contribution < -0.4 is 0 Å². The van der Waals surface area contributed by atoms with Crippen LogP contribution in [0, 0.1) is 19.8 Å². The third-order valence-electron chi connectivity index (χ3n) is 4.61. The van der Waals surface area contributed by atoms with Crippen molar-refractivity contribution in [1.29, 1.82) is 0 Å². The molecule has 0 aromatic carbocycles. The van der Waals surface area contributed by atoms with Crippen LogP contribution >= 0.6 is 11.3 Å². The molecule has 0 radical (unpaired) electrons. The van der Waals surface area contributed by atoms with Crippen LogP contribution in [0.4, 0.5) is 0 Å². The molecule has 140 valence electrons. The Morgan fingerprint density at radius 1 is 1.07 bits per heavy atom. The van der Waals surface area contributed by atoms with Crippen LogP contribution in [0.15, 0.2) is 36.0 Å². The molecule has 0 atom stereocenters. The molecule has 0 saturated carbocycles. The molecule has 0 spiro atoms. The monoisotopic (exact) mass is 379 g/mol. The largest absolute Gasteiger partial charge is 0.334 e. The maximum atomic E-state index is 4.93. The van der Waals surface area contributed by atoms with E-state index < -0.39 is 0 Å². The molecule has 0 fully saturated rings. The average molecular weight is 380 g/mol. The Hall–Kier alpha value is -2.47. The molecule has 0 aliphatic heterocycles. The van der Waals surface area contributed by atoms with Gasteiger partial charge in [0.05, 0.1) is 16.3 Å². The molecule has 0 bridgehead atoms. The lowest BCUT2D eigenvalue weighted by molar-refractivity contribution is 0.506. The fourth-order valence-corrected chi connectivity index (χ4v) is 4.11. The molecule has 0 amide bonds. The van der Waals surface area contributed by atoms with Crippen LogP contribution in [-0.2, 0) is 19.4 Å². The van der Waals surface area contributed by atoms with Gasteiger partial charge in [-0.1, -0.05) is 19.9 Å². The highest BCUT2D eigenvalue weighted by atomic mass is 32.1. The van der Waals surface area contributed by atoms with Crippen LogP contribution in [0.2, 0.25) is 0 Å². The molecular weight excluding hydrogens is 354 g/mol. The van der Waals surface area contributed by atoms with Crippen molar-refractivity contribution in [1.82, 2.24) is 23.9 Å². The van der Waals surface area contributed by atoms with Crippen molar-refractivity contribution in [3.63, 3.8) is 0 Å². The van der Waals surface area contributed by atoms with Crippen LogP contribution in [0.25, 0.3) is 16.3 Å². The number of aromatic nitrogens is 5. The second-order valence-electron chi connectivity index (χ2n) is 7.51. The van der Waals surface area contributed by atoms with Gasteiger partial charge in [-0.15, -0.1) is 11.3 Å². The predicted molar refractivity (Wildman–Crippen MR) is 110 cm³/mol. The summed E-state index contributed by atoms with van der Waals surface area (Å²) in [4.78, 5) is 15.4. The Kier molecular flexibility index (Phi) is 4.83. The minimum absolute atomic E-state index is 0.583. The van der Waals surface area contributed by atoms with E-state index in [9.17, 15) is 0 Å². The topological polar surface area (TPSA) is 48.0 Å². The van der Waals surface area contributed by atoms with Crippen molar-refractivity contribution in [2.24, 2.45) is 5.92 Å². The maximum Gasteiger partial charge on any atom is 0.234 e. The van der Waals surface area contributed by atoms with Gasteiger partial charge < -0.3 is 4.57 Å². The summed E-state index contributed by atoms with van der Waals surface area (Å²) in [7, 11) is 0. The van der Waals surface area contributed by atoms with E-state index in [-0.39, 0.29) is 0 Å². The minimum Gasteiger partial charge on any atom is -0.334 e. The zero-order valence-electron chi connectivity index (χ0n) is 16.3. The zero-order chi connectivity index (χ0) is 19.0. The summed E-state index contributed by atoms with van der Waals surface area (Å²) in [6.07, 6.45) is 6.04. The molecule has 4 aromatic rings. The van der Waals surface area contributed by atoms with Gasteiger partial charge >= 0.3 is 0 Å². The summed E-state index contributed by atoms with van der Waals surface area (Å²) in [6, 6.07) is 6.30. The van der Waals surface area contributed by atoms with Crippen LogP contribution in [0.3, 0.4) is 0 Å². The number of hydrogen-bond acceptors (Lipinski definition) is 4. The molecular formula is C21H25N5S. The fourth-order valence-electron chi connectivity index (χ4n) is 3.43. The van der Waals surface area contributed by atoms with Crippen molar-refractivity contribution in [3.05, 3.63) is 58.9 Å². The molecule has 0 N–H and O–H groups in total. The van der Waals surface area contributed by atoms with Crippen molar-refractivity contribution in [3.8, 4) is 10.6 Å². The van der Waals surface area contributed by atoms with Crippen LogP contribution in [0.5, 0.6) is 0 Å². The number of thiophene rings is 1. The first-order valence-corrected chi connectivity index (χ1v) is 10.3. The van der Waals surface area contributed by atoms with Crippen LogP contribution in [-0.4, -0.2) is 23.9 Å². The van der Waals surface area contributed by atoms with Gasteiger partial charge in [0.1, 0.15) is 5.82 Å². The molecule has 5 nitrogen and oxygen atoms in total. The number of fused-ring (bicyclic) bond motifs is 1. The quantitative estimate of drug-likeness (QED) is 0.487. The fraction of sp³-hybridized carbons (Fsp3) is 0.381. The van der Waals surface area contributed by atoms with Gasteiger partial charge in [0.25, 0.3) is 0 Å². The summed E-state index contributed by atoms with van der Waals surface area (Å²) in [5.41, 5.74) is 4.31. The van der Waals surface area contributed by atoms with Gasteiger partial charge in [0, 0.05) is 36.7 Å². The highest BCUT2D eigenvalue weighted by molar-refractivity contribution is 7.13. The second kappa shape index (κ2) is 7.27. The molecule has 4 heterocycles. The van der Waals surface area contributed by atoms with Crippen molar-refractivity contribution >= 4 is 17.1 Å². The first-order valence-electron chi connectivity index (χ1n) is 9.42. The normalized spacial score (nSPS) is 11.7. The Labute approximate surface area is 163 Å². The Bertz CT molecular complexity index is 1060. The number of hydrogen-bond donors (Lipinski definition) is 0. The average Bonchev–Trinajstić information content (AvgIpc) is 3.31. The first-order chi connectivity index (χ1) is 13.0. The van der Waals surface area contributed by atoms with E-state index in [1.807, 2.05) is 6.92 Å². The molecule has 4 aromatic heterocycles. The molecule has 0 saturated heterocycles. The van der Waals surface area contributed by atoms with Gasteiger partial charge in [0.2, 0.25) is 5.78 Å². The summed E-state index contributed by atoms with van der Waals surface area (Å²) in [6.45, 7) is 9.58. The van der Waals surface area contributed by atoms with E-state index in [2.05, 4.69) is 70.7 Å². The number of nitrogens with zero attached hydrogens (tertiary/aromatic N) is 5. The molecule has 0 aliphatic rings. The lowest BCUT2D eigenvalue weighted by atomic mass is 10.2. The van der Waals surface area contributed by atoms with Crippen molar-refractivity contribution in [2.75, 3.05) is 0 Å². The number of imidazole rings is 2. The van der Waals surface area contributed by atoms with Gasteiger partial charge in [0.15, 0.2) is 0 Å². The Morgan fingerprint density at radius 2 is 1.93 bits per heavy atom. The Balaban J connectivity index is 1.59. The van der Waals surface area contributed by atoms with E-state index in [0.717, 1.165) is 53.8 Å². The van der Waals surface area contributed by atoms with Crippen molar-refractivity contribution < 1.29 is 0 Å². The molecule has 0 aliphatic carbocycles. The third kappa shape index (κ3) is 3.81. The van der Waals surface area contributed by atoms with E-state index in [1.165, 1.54) is 4.88 Å². The van der Waals surface area contributed by atoms with Gasteiger partial charge in [-0.2, -0.15) is 0 Å². The molecule has 6 heteroatoms. The summed E-state index contributed by atoms with van der Waals surface area (Å²) in [5.74, 6) is 2.50. The summed E-state index contributed by atoms with van der Waals surface area (Å²) >= 11 is 1.74. The number of rotatable bonds is 6. The molecule has 27 heavy (non-hydrogen) atoms. The van der Waals surface area contributed by atoms with Gasteiger partial charge in [-0.3, -0.25) is 4.40 Å². The summed E-state index contributed by atoms with van der Waals surface area (Å²) < 4.78 is 4.38. The van der Waals surface area contributed by atoms with E-state index in [0.29, 0.717) is 5.92 Å². The highest BCUT2D eigenvalue weighted by Crippen LogP contribution is 2.25. The molecule has 4 rings (SSSR count). The zero-order valence-corrected chi connectivity index (χ0v) is 17.1. The number of aryl methyl sites for hydroxylation is 4. The minimum atomic E-state index is 0.583. The van der Waals surface area contributed by atoms with Gasteiger partial charge in [-0.25, -0.2) is 15.0 Å². The third-order valence-corrected chi connectivity index (χ3v) is 5.50. The van der Waals surface area contributed by atoms with E-state index >= 15 is 0 Å². The second-order valence-corrected chi connectivity index (χ2v) is 8.45. The maximum absolute atomic E-state index is 4.93. The lowest BCUT2D eigenvalue weighted by Gasteiger charge is -2.09. The summed E-state index contributed by atoms with van der Waals surface area (Å²) in [5, 5.41) is 2.10. The predicted octanol–water partition coefficient (Wildman–Crippen LogP) is 4.71. The van der Waals surface area contributed by atoms with Crippen molar-refractivity contribution in [2.45, 2.75) is 47.1 Å². The highest BCUT2D eigenvalue weighted by Gasteiger charge is 2.13. The smallest absolute Gasteiger partial charge is 0.234 e. The SMILES string of the molecule is Cc1cc(C)n2cc(CCc3nc(-c4cccs4)cn3CC(C)C)nc2n1. The van der Waals surface area contributed by atoms with Gasteiger partial charge in [-0.05, 0) is 43.7 Å². The first kappa shape index (κ1) is 17.9. The van der Waals surface area contributed by atoms with E-state index in [1.54, 1.807) is 11.3 Å². The van der Waals surface area contributed by atoms with E-state index in [4.69, 9.17) is 9.97 Å². The Morgan fingerprint density at radius 3 is 2.67 bits per heavy atom. The van der Waals surface area contributed by atoms with Crippen LogP contribution in [0.1, 0.15) is 36.8 Å².